The van der Waals surface area contributed by atoms with Gasteiger partial charge in [0.2, 0.25) is 0 Å². The Hall–Kier alpha value is -2.54. The second-order valence-electron chi connectivity index (χ2n) is 10.3. The highest BCUT2D eigenvalue weighted by Gasteiger charge is 2.53. The van der Waals surface area contributed by atoms with Crippen molar-refractivity contribution in [2.45, 2.75) is 63.8 Å². The minimum absolute atomic E-state index is 0.223. The fourth-order valence-electron chi connectivity index (χ4n) is 5.12. The molecule has 0 spiro atoms. The Morgan fingerprint density at radius 2 is 1.42 bits per heavy atom. The molecule has 5 heteroatoms. The standard InChI is InChI=1S/C31H38O4Si/c1-5-33-28-23-15-22-27(34-28)29(32)30(24-16-9-6-10-17-24)35-36(31(2,3)4,25-18-11-7-12-19-25)26-20-13-8-14-21-26/h6-22,27-30,32H,5,23H2,1-4H3/t27-,28+,29+,30-/m1/s1. The van der Waals surface area contributed by atoms with E-state index in [1.165, 1.54) is 10.4 Å². The molecular weight excluding hydrogens is 464 g/mol. The summed E-state index contributed by atoms with van der Waals surface area (Å²) in [4.78, 5) is 0. The number of benzene rings is 3. The van der Waals surface area contributed by atoms with Crippen LogP contribution in [0.25, 0.3) is 0 Å². The summed E-state index contributed by atoms with van der Waals surface area (Å²) in [7, 11) is -2.92. The molecule has 0 amide bonds. The van der Waals surface area contributed by atoms with Crippen molar-refractivity contribution >= 4 is 18.7 Å². The molecule has 1 aliphatic rings. The zero-order chi connectivity index (χ0) is 25.6. The Morgan fingerprint density at radius 3 is 1.92 bits per heavy atom. The highest BCUT2D eigenvalue weighted by molar-refractivity contribution is 6.99. The fourth-order valence-corrected chi connectivity index (χ4v) is 9.79. The third-order valence-corrected chi connectivity index (χ3v) is 11.8. The predicted octanol–water partition coefficient (Wildman–Crippen LogP) is 5.37. The first kappa shape index (κ1) is 26.5. The van der Waals surface area contributed by atoms with E-state index in [1.807, 2.05) is 61.5 Å². The fraction of sp³-hybridized carbons (Fsp3) is 0.355. The highest BCUT2D eigenvalue weighted by atomic mass is 28.4. The first-order valence-corrected chi connectivity index (χ1v) is 14.7. The molecule has 4 nitrogen and oxygen atoms in total. The van der Waals surface area contributed by atoms with Crippen LogP contribution in [0, 0.1) is 0 Å². The van der Waals surface area contributed by atoms with Crippen LogP contribution in [-0.2, 0) is 13.9 Å². The number of aliphatic hydroxyl groups is 1. The van der Waals surface area contributed by atoms with E-state index in [-0.39, 0.29) is 11.3 Å². The Labute approximate surface area is 216 Å². The first-order chi connectivity index (χ1) is 17.4. The van der Waals surface area contributed by atoms with E-state index < -0.39 is 26.6 Å². The van der Waals surface area contributed by atoms with Crippen molar-refractivity contribution in [1.29, 1.82) is 0 Å². The topological polar surface area (TPSA) is 47.9 Å². The molecule has 1 N–H and O–H groups in total. The Kier molecular flexibility index (Phi) is 8.60. The largest absolute Gasteiger partial charge is 0.398 e. The maximum Gasteiger partial charge on any atom is 0.262 e. The first-order valence-electron chi connectivity index (χ1n) is 12.8. The zero-order valence-corrected chi connectivity index (χ0v) is 22.7. The van der Waals surface area contributed by atoms with Gasteiger partial charge in [-0.2, -0.15) is 0 Å². The van der Waals surface area contributed by atoms with Crippen molar-refractivity contribution < 1.29 is 19.0 Å². The van der Waals surface area contributed by atoms with Crippen molar-refractivity contribution in [2.24, 2.45) is 0 Å². The van der Waals surface area contributed by atoms with E-state index in [2.05, 4.69) is 69.3 Å². The molecule has 36 heavy (non-hydrogen) atoms. The van der Waals surface area contributed by atoms with Crippen LogP contribution in [0.4, 0.5) is 0 Å². The van der Waals surface area contributed by atoms with Crippen molar-refractivity contribution in [3.63, 3.8) is 0 Å². The van der Waals surface area contributed by atoms with Crippen LogP contribution < -0.4 is 10.4 Å². The van der Waals surface area contributed by atoms with Crippen molar-refractivity contribution in [3.05, 3.63) is 109 Å². The molecule has 0 aliphatic carbocycles. The minimum atomic E-state index is -2.92. The number of aliphatic hydroxyl groups excluding tert-OH is 1. The molecule has 4 rings (SSSR count). The third kappa shape index (κ3) is 5.56. The molecular formula is C31H38O4Si. The van der Waals surface area contributed by atoms with Crippen LogP contribution in [-0.4, -0.2) is 38.5 Å². The smallest absolute Gasteiger partial charge is 0.262 e. The summed E-state index contributed by atoms with van der Waals surface area (Å²) in [5.41, 5.74) is 0.925. The van der Waals surface area contributed by atoms with E-state index >= 15 is 0 Å². The highest BCUT2D eigenvalue weighted by Crippen LogP contribution is 2.41. The summed E-state index contributed by atoms with van der Waals surface area (Å²) < 4.78 is 19.3. The normalized spacial score (nSPS) is 20.1. The van der Waals surface area contributed by atoms with Crippen LogP contribution >= 0.6 is 0 Å². The Bertz CT molecular complexity index is 1060. The molecule has 4 atom stereocenters. The van der Waals surface area contributed by atoms with Gasteiger partial charge in [0.15, 0.2) is 6.29 Å². The lowest BCUT2D eigenvalue weighted by Crippen LogP contribution is -2.67. The second kappa shape index (κ2) is 11.7. The maximum atomic E-state index is 11.9. The molecule has 0 unspecified atom stereocenters. The van der Waals surface area contributed by atoms with Crippen molar-refractivity contribution in [1.82, 2.24) is 0 Å². The Morgan fingerprint density at radius 1 is 0.889 bits per heavy atom. The lowest BCUT2D eigenvalue weighted by molar-refractivity contribution is -0.191. The van der Waals surface area contributed by atoms with Crippen molar-refractivity contribution in [3.8, 4) is 0 Å². The van der Waals surface area contributed by atoms with Gasteiger partial charge in [0.25, 0.3) is 8.32 Å². The van der Waals surface area contributed by atoms with Gasteiger partial charge in [0.05, 0.1) is 0 Å². The summed E-state index contributed by atoms with van der Waals surface area (Å²) in [6.45, 7) is 9.25. The SMILES string of the molecule is CCO[C@@H]1CC=C[C@H]([C@H](O)[C@H](O[Si](c2ccccc2)(c2ccccc2)C(C)(C)C)c2ccccc2)O1. The molecule has 0 bridgehead atoms. The molecule has 3 aromatic carbocycles. The number of rotatable bonds is 9. The molecule has 1 aliphatic heterocycles. The monoisotopic (exact) mass is 502 g/mol. The molecule has 0 saturated carbocycles. The van der Waals surface area contributed by atoms with Gasteiger partial charge in [0, 0.05) is 13.0 Å². The van der Waals surface area contributed by atoms with Gasteiger partial charge in [-0.3, -0.25) is 0 Å². The zero-order valence-electron chi connectivity index (χ0n) is 21.7. The van der Waals surface area contributed by atoms with E-state index in [1.54, 1.807) is 0 Å². The van der Waals surface area contributed by atoms with Gasteiger partial charge in [-0.05, 0) is 27.9 Å². The summed E-state index contributed by atoms with van der Waals surface area (Å²) in [6, 6.07) is 31.0. The second-order valence-corrected chi connectivity index (χ2v) is 14.5. The lowest BCUT2D eigenvalue weighted by Gasteiger charge is -2.46. The minimum Gasteiger partial charge on any atom is -0.398 e. The van der Waals surface area contributed by atoms with Crippen LogP contribution in [0.1, 0.15) is 45.8 Å². The molecule has 190 valence electrons. The molecule has 0 aromatic heterocycles. The molecule has 0 saturated heterocycles. The molecule has 0 fully saturated rings. The summed E-state index contributed by atoms with van der Waals surface area (Å²) in [5.74, 6) is 0. The molecule has 0 radical (unpaired) electrons. The van der Waals surface area contributed by atoms with Crippen LogP contribution in [0.5, 0.6) is 0 Å². The maximum absolute atomic E-state index is 11.9. The van der Waals surface area contributed by atoms with Gasteiger partial charge in [-0.1, -0.05) is 124 Å². The van der Waals surface area contributed by atoms with E-state index in [0.29, 0.717) is 13.0 Å². The van der Waals surface area contributed by atoms with Crippen molar-refractivity contribution in [2.75, 3.05) is 6.61 Å². The number of ether oxygens (including phenoxy) is 2. The Balaban J connectivity index is 1.84. The number of hydrogen-bond donors (Lipinski definition) is 1. The summed E-state index contributed by atoms with van der Waals surface area (Å²) >= 11 is 0. The van der Waals surface area contributed by atoms with Crippen LogP contribution in [0.15, 0.2) is 103 Å². The van der Waals surface area contributed by atoms with Crippen LogP contribution in [0.2, 0.25) is 5.04 Å². The van der Waals surface area contributed by atoms with Gasteiger partial charge in [0.1, 0.15) is 18.3 Å². The van der Waals surface area contributed by atoms with Crippen LogP contribution in [0.3, 0.4) is 0 Å². The van der Waals surface area contributed by atoms with Gasteiger partial charge >= 0.3 is 0 Å². The van der Waals surface area contributed by atoms with Gasteiger partial charge < -0.3 is 19.0 Å². The predicted molar refractivity (Wildman–Crippen MR) is 148 cm³/mol. The lowest BCUT2D eigenvalue weighted by atomic mass is 9.99. The summed E-state index contributed by atoms with van der Waals surface area (Å²) in [5, 5.41) is 14.0. The average molecular weight is 503 g/mol. The van der Waals surface area contributed by atoms with E-state index in [4.69, 9.17) is 13.9 Å². The molecule has 1 heterocycles. The number of hydrogen-bond acceptors (Lipinski definition) is 4. The van der Waals surface area contributed by atoms with Gasteiger partial charge in [-0.15, -0.1) is 0 Å². The van der Waals surface area contributed by atoms with E-state index in [0.717, 1.165) is 5.56 Å². The van der Waals surface area contributed by atoms with E-state index in [9.17, 15) is 5.11 Å². The third-order valence-electron chi connectivity index (χ3n) is 6.81. The summed E-state index contributed by atoms with van der Waals surface area (Å²) in [6.07, 6.45) is 2.19. The van der Waals surface area contributed by atoms with Gasteiger partial charge in [-0.25, -0.2) is 0 Å². The quantitative estimate of drug-likeness (QED) is 0.316. The average Bonchev–Trinajstić information content (AvgIpc) is 2.90. The molecule has 3 aromatic rings.